The average Bonchev–Trinajstić information content (AvgIpc) is 2.99. The molecule has 10 unspecified atom stereocenters. The Morgan fingerprint density at radius 1 is 0.929 bits per heavy atom. The van der Waals surface area contributed by atoms with Gasteiger partial charge >= 0.3 is 0 Å². The molecule has 0 aliphatic heterocycles. The van der Waals surface area contributed by atoms with Gasteiger partial charge in [0.2, 0.25) is 0 Å². The van der Waals surface area contributed by atoms with Gasteiger partial charge in [-0.3, -0.25) is 0 Å². The summed E-state index contributed by atoms with van der Waals surface area (Å²) in [6, 6.07) is 0. The molecule has 0 saturated heterocycles. The van der Waals surface area contributed by atoms with Crippen molar-refractivity contribution in [2.75, 3.05) is 0 Å². The fraction of sp³-hybridized carbons (Fsp3) is 0.929. The van der Waals surface area contributed by atoms with E-state index in [9.17, 15) is 0 Å². The largest absolute Gasteiger partial charge is 0.100 e. The minimum atomic E-state index is 0.626. The van der Waals surface area contributed by atoms with Crippen LogP contribution in [0.4, 0.5) is 0 Å². The van der Waals surface area contributed by atoms with Crippen molar-refractivity contribution in [3.8, 4) is 0 Å². The van der Waals surface area contributed by atoms with Gasteiger partial charge in [0.1, 0.15) is 0 Å². The van der Waals surface area contributed by atoms with Gasteiger partial charge in [-0.05, 0) is 123 Å². The standard InChI is InChI=1S/C28H48/c1-18(2)8-9-20(4)23-10-11-24-22-17-21(5)26-16-19(3)12-14-28(26,7)25(22)13-15-27(23,24)6/h19-26H,1,8-17H2,2-7H3. The summed E-state index contributed by atoms with van der Waals surface area (Å²) in [4.78, 5) is 0. The SMILES string of the molecule is C=C(C)CCC(C)C1CCC2C3CC(C)C4CC(C)CCC4(C)C3CCC12C. The molecule has 160 valence electrons. The third-order valence-corrected chi connectivity index (χ3v) is 11.1. The summed E-state index contributed by atoms with van der Waals surface area (Å²) in [5.41, 5.74) is 2.65. The Hall–Kier alpha value is -0.260. The Morgan fingerprint density at radius 2 is 1.61 bits per heavy atom. The Labute approximate surface area is 176 Å². The van der Waals surface area contributed by atoms with Gasteiger partial charge in [-0.25, -0.2) is 0 Å². The van der Waals surface area contributed by atoms with Gasteiger partial charge in [0.15, 0.2) is 0 Å². The van der Waals surface area contributed by atoms with Crippen LogP contribution in [0.1, 0.15) is 106 Å². The summed E-state index contributed by atoms with van der Waals surface area (Å²) in [5.74, 6) is 7.85. The molecule has 28 heavy (non-hydrogen) atoms. The van der Waals surface area contributed by atoms with E-state index in [4.69, 9.17) is 0 Å². The number of fused-ring (bicyclic) bond motifs is 5. The maximum absolute atomic E-state index is 4.17. The molecular weight excluding hydrogens is 336 g/mol. The Morgan fingerprint density at radius 3 is 2.32 bits per heavy atom. The molecule has 0 radical (unpaired) electrons. The summed E-state index contributed by atoms with van der Waals surface area (Å²) in [6.07, 6.45) is 14.8. The van der Waals surface area contributed by atoms with Crippen LogP contribution in [0.25, 0.3) is 0 Å². The molecule has 0 aromatic carbocycles. The second kappa shape index (κ2) is 7.46. The van der Waals surface area contributed by atoms with Gasteiger partial charge in [0.05, 0.1) is 0 Å². The van der Waals surface area contributed by atoms with Crippen LogP contribution in [0, 0.1) is 58.2 Å². The maximum Gasteiger partial charge on any atom is -0.0264 e. The molecule has 0 heteroatoms. The van der Waals surface area contributed by atoms with Crippen molar-refractivity contribution >= 4 is 0 Å². The second-order valence-corrected chi connectivity index (χ2v) is 12.8. The van der Waals surface area contributed by atoms with Crippen LogP contribution in [0.15, 0.2) is 12.2 Å². The zero-order chi connectivity index (χ0) is 20.3. The second-order valence-electron chi connectivity index (χ2n) is 12.8. The van der Waals surface area contributed by atoms with Gasteiger partial charge in [0.25, 0.3) is 0 Å². The van der Waals surface area contributed by atoms with Crippen molar-refractivity contribution in [2.45, 2.75) is 106 Å². The maximum atomic E-state index is 4.17. The lowest BCUT2D eigenvalue weighted by atomic mass is 9.42. The van der Waals surface area contributed by atoms with E-state index in [1.165, 1.54) is 63.4 Å². The third kappa shape index (κ3) is 3.24. The molecule has 10 atom stereocenters. The molecule has 0 nitrogen and oxygen atoms in total. The Balaban J connectivity index is 1.55. The summed E-state index contributed by atoms with van der Waals surface area (Å²) in [5, 5.41) is 0. The molecule has 0 amide bonds. The zero-order valence-electron chi connectivity index (χ0n) is 19.9. The van der Waals surface area contributed by atoms with Crippen molar-refractivity contribution in [2.24, 2.45) is 58.2 Å². The first-order valence-electron chi connectivity index (χ1n) is 12.8. The smallest absolute Gasteiger partial charge is 0.0264 e. The minimum Gasteiger partial charge on any atom is -0.100 e. The predicted molar refractivity (Wildman–Crippen MR) is 122 cm³/mol. The first kappa shape index (κ1) is 21.0. The lowest BCUT2D eigenvalue weighted by Gasteiger charge is -2.63. The van der Waals surface area contributed by atoms with E-state index < -0.39 is 0 Å². The molecule has 0 aromatic heterocycles. The van der Waals surface area contributed by atoms with Crippen LogP contribution in [-0.4, -0.2) is 0 Å². The first-order chi connectivity index (χ1) is 13.2. The van der Waals surface area contributed by atoms with Crippen molar-refractivity contribution < 1.29 is 0 Å². The lowest BCUT2D eigenvalue weighted by molar-refractivity contribution is -0.140. The molecule has 4 aliphatic carbocycles. The van der Waals surface area contributed by atoms with Crippen LogP contribution >= 0.6 is 0 Å². The molecule has 4 rings (SSSR count). The highest BCUT2D eigenvalue weighted by molar-refractivity contribution is 5.10. The Bertz CT molecular complexity index is 589. The van der Waals surface area contributed by atoms with E-state index in [1.807, 2.05) is 0 Å². The highest BCUT2D eigenvalue weighted by Crippen LogP contribution is 2.69. The molecule has 0 aromatic rings. The highest BCUT2D eigenvalue weighted by Gasteiger charge is 2.61. The number of allylic oxidation sites excluding steroid dienone is 1. The summed E-state index contributed by atoms with van der Waals surface area (Å²) in [6.45, 7) is 19.6. The predicted octanol–water partition coefficient (Wildman–Crippen LogP) is 8.52. The molecular formula is C28H48. The first-order valence-corrected chi connectivity index (χ1v) is 12.8. The lowest BCUT2D eigenvalue weighted by Crippen LogP contribution is -2.55. The van der Waals surface area contributed by atoms with Gasteiger partial charge in [-0.15, -0.1) is 6.58 Å². The van der Waals surface area contributed by atoms with Crippen LogP contribution in [0.5, 0.6) is 0 Å². The fourth-order valence-corrected chi connectivity index (χ4v) is 9.59. The van der Waals surface area contributed by atoms with E-state index in [0.717, 1.165) is 47.3 Å². The van der Waals surface area contributed by atoms with E-state index in [-0.39, 0.29) is 0 Å². The average molecular weight is 385 g/mol. The van der Waals surface area contributed by atoms with Gasteiger partial charge in [-0.2, -0.15) is 0 Å². The van der Waals surface area contributed by atoms with Crippen molar-refractivity contribution in [3.05, 3.63) is 12.2 Å². The zero-order valence-corrected chi connectivity index (χ0v) is 19.9. The normalized spacial score (nSPS) is 51.7. The van der Waals surface area contributed by atoms with Crippen LogP contribution in [-0.2, 0) is 0 Å². The van der Waals surface area contributed by atoms with Gasteiger partial charge in [0, 0.05) is 0 Å². The van der Waals surface area contributed by atoms with Crippen LogP contribution < -0.4 is 0 Å². The molecule has 4 fully saturated rings. The van der Waals surface area contributed by atoms with Crippen molar-refractivity contribution in [1.29, 1.82) is 0 Å². The molecule has 0 N–H and O–H groups in total. The summed E-state index contributed by atoms with van der Waals surface area (Å²) >= 11 is 0. The minimum absolute atomic E-state index is 0.626. The van der Waals surface area contributed by atoms with Gasteiger partial charge < -0.3 is 0 Å². The molecule has 0 bridgehead atoms. The van der Waals surface area contributed by atoms with E-state index >= 15 is 0 Å². The topological polar surface area (TPSA) is 0 Å². The van der Waals surface area contributed by atoms with E-state index in [2.05, 4.69) is 48.1 Å². The monoisotopic (exact) mass is 384 g/mol. The van der Waals surface area contributed by atoms with Crippen molar-refractivity contribution in [3.63, 3.8) is 0 Å². The molecule has 4 aliphatic rings. The Kier molecular flexibility index (Phi) is 5.59. The number of hydrogen-bond donors (Lipinski definition) is 0. The van der Waals surface area contributed by atoms with E-state index in [0.29, 0.717) is 10.8 Å². The third-order valence-electron chi connectivity index (χ3n) is 11.1. The molecule has 0 spiro atoms. The molecule has 0 heterocycles. The molecule has 4 saturated carbocycles. The quantitative estimate of drug-likeness (QED) is 0.426. The van der Waals surface area contributed by atoms with Crippen LogP contribution in [0.2, 0.25) is 0 Å². The highest BCUT2D eigenvalue weighted by atomic mass is 14.7. The van der Waals surface area contributed by atoms with Crippen LogP contribution in [0.3, 0.4) is 0 Å². The fourth-order valence-electron chi connectivity index (χ4n) is 9.59. The number of rotatable bonds is 4. The number of hydrogen-bond acceptors (Lipinski definition) is 0. The van der Waals surface area contributed by atoms with E-state index in [1.54, 1.807) is 6.42 Å². The van der Waals surface area contributed by atoms with Gasteiger partial charge in [-0.1, -0.05) is 46.6 Å². The van der Waals surface area contributed by atoms with Crippen molar-refractivity contribution in [1.82, 2.24) is 0 Å². The summed E-state index contributed by atoms with van der Waals surface area (Å²) < 4.78 is 0. The summed E-state index contributed by atoms with van der Waals surface area (Å²) in [7, 11) is 0.